The SMILES string of the molecule is CC1=C[C@@H]2CC[C@H]3[C@H](C)C[C@@H](C)[C@H](C1)N23. The molecule has 3 heterocycles. The van der Waals surface area contributed by atoms with Gasteiger partial charge in [-0.05, 0) is 44.4 Å². The van der Waals surface area contributed by atoms with Crippen LogP contribution in [0.1, 0.15) is 46.5 Å². The van der Waals surface area contributed by atoms with Gasteiger partial charge in [-0.15, -0.1) is 0 Å². The number of piperidine rings is 1. The van der Waals surface area contributed by atoms with Gasteiger partial charge in [-0.1, -0.05) is 25.5 Å². The summed E-state index contributed by atoms with van der Waals surface area (Å²) in [6, 6.07) is 2.56. The molecule has 0 amide bonds. The van der Waals surface area contributed by atoms with Gasteiger partial charge in [0.15, 0.2) is 0 Å². The van der Waals surface area contributed by atoms with Gasteiger partial charge in [0.05, 0.1) is 0 Å². The molecular weight excluding hydrogens is 182 g/mol. The molecule has 0 bridgehead atoms. The van der Waals surface area contributed by atoms with E-state index < -0.39 is 0 Å². The summed E-state index contributed by atoms with van der Waals surface area (Å²) in [6.45, 7) is 7.26. The van der Waals surface area contributed by atoms with E-state index in [0.29, 0.717) is 0 Å². The highest BCUT2D eigenvalue weighted by Crippen LogP contribution is 2.45. The minimum absolute atomic E-state index is 0.791. The first-order valence-corrected chi connectivity index (χ1v) is 6.61. The van der Waals surface area contributed by atoms with Crippen LogP contribution >= 0.6 is 0 Å². The summed E-state index contributed by atoms with van der Waals surface area (Å²) in [5, 5.41) is 0. The van der Waals surface area contributed by atoms with E-state index in [9.17, 15) is 0 Å². The van der Waals surface area contributed by atoms with Gasteiger partial charge in [0.1, 0.15) is 0 Å². The maximum absolute atomic E-state index is 2.87. The Hall–Kier alpha value is -0.300. The number of hydrogen-bond acceptors (Lipinski definition) is 1. The lowest BCUT2D eigenvalue weighted by molar-refractivity contribution is 0.0174. The van der Waals surface area contributed by atoms with E-state index in [0.717, 1.165) is 30.0 Å². The molecule has 3 aliphatic heterocycles. The third kappa shape index (κ3) is 1.39. The second kappa shape index (κ2) is 3.35. The molecule has 0 radical (unpaired) electrons. The molecule has 1 heteroatoms. The molecule has 15 heavy (non-hydrogen) atoms. The summed E-state index contributed by atoms with van der Waals surface area (Å²) in [6.07, 6.45) is 8.18. The fourth-order valence-electron chi connectivity index (χ4n) is 4.35. The van der Waals surface area contributed by atoms with Crippen molar-refractivity contribution in [2.75, 3.05) is 0 Å². The molecule has 5 atom stereocenters. The zero-order chi connectivity index (χ0) is 10.6. The molecule has 0 spiro atoms. The first kappa shape index (κ1) is 9.89. The van der Waals surface area contributed by atoms with E-state index in [1.165, 1.54) is 25.7 Å². The Labute approximate surface area is 93.5 Å². The molecule has 2 fully saturated rings. The number of nitrogens with zero attached hydrogens (tertiary/aromatic N) is 1. The highest BCUT2D eigenvalue weighted by Gasteiger charge is 2.46. The van der Waals surface area contributed by atoms with Crippen LogP contribution in [0.15, 0.2) is 11.6 Å². The Morgan fingerprint density at radius 3 is 2.67 bits per heavy atom. The average molecular weight is 205 g/mol. The van der Waals surface area contributed by atoms with Gasteiger partial charge in [0, 0.05) is 18.1 Å². The topological polar surface area (TPSA) is 3.24 Å². The maximum Gasteiger partial charge on any atom is 0.0287 e. The number of rotatable bonds is 0. The lowest BCUT2D eigenvalue weighted by atomic mass is 9.77. The first-order chi connectivity index (χ1) is 7.16. The van der Waals surface area contributed by atoms with Crippen molar-refractivity contribution in [1.82, 2.24) is 4.90 Å². The highest BCUT2D eigenvalue weighted by molar-refractivity contribution is 5.18. The van der Waals surface area contributed by atoms with E-state index in [1.54, 1.807) is 5.57 Å². The molecular formula is C14H23N. The van der Waals surface area contributed by atoms with Crippen LogP contribution in [0.5, 0.6) is 0 Å². The van der Waals surface area contributed by atoms with Crippen molar-refractivity contribution < 1.29 is 0 Å². The van der Waals surface area contributed by atoms with Crippen LogP contribution in [0.3, 0.4) is 0 Å². The Morgan fingerprint density at radius 2 is 1.87 bits per heavy atom. The summed E-state index contributed by atoms with van der Waals surface area (Å²) in [4.78, 5) is 2.87. The van der Waals surface area contributed by atoms with Gasteiger partial charge < -0.3 is 0 Å². The zero-order valence-corrected chi connectivity index (χ0v) is 10.2. The second-order valence-electron chi connectivity index (χ2n) is 6.13. The molecule has 1 nitrogen and oxygen atoms in total. The normalized spacial score (nSPS) is 50.1. The summed E-state index contributed by atoms with van der Waals surface area (Å²) in [7, 11) is 0. The Kier molecular flexibility index (Phi) is 2.21. The second-order valence-corrected chi connectivity index (χ2v) is 6.13. The number of hydrogen-bond donors (Lipinski definition) is 0. The summed E-state index contributed by atoms with van der Waals surface area (Å²) >= 11 is 0. The predicted octanol–water partition coefficient (Wildman–Crippen LogP) is 3.21. The lowest BCUT2D eigenvalue weighted by Gasteiger charge is -2.49. The highest BCUT2D eigenvalue weighted by atomic mass is 15.3. The van der Waals surface area contributed by atoms with E-state index in [-0.39, 0.29) is 0 Å². The van der Waals surface area contributed by atoms with Crippen LogP contribution in [0.2, 0.25) is 0 Å². The minimum atomic E-state index is 0.791. The van der Waals surface area contributed by atoms with Crippen molar-refractivity contribution in [1.29, 1.82) is 0 Å². The van der Waals surface area contributed by atoms with E-state index in [4.69, 9.17) is 0 Å². The van der Waals surface area contributed by atoms with Crippen molar-refractivity contribution in [2.24, 2.45) is 11.8 Å². The molecule has 3 rings (SSSR count). The standard InChI is InChI=1S/C14H23N/c1-9-6-12-4-5-13-10(2)8-11(3)14(7-9)15(12)13/h6,10-14H,4-5,7-8H2,1-3H3/t10-,11-,12+,13+,14+/m1/s1. The predicted molar refractivity (Wildman–Crippen MR) is 63.8 cm³/mol. The first-order valence-electron chi connectivity index (χ1n) is 6.61. The summed E-state index contributed by atoms with van der Waals surface area (Å²) in [5.41, 5.74) is 1.64. The molecule has 2 saturated heterocycles. The molecule has 0 aromatic rings. The van der Waals surface area contributed by atoms with Crippen molar-refractivity contribution >= 4 is 0 Å². The monoisotopic (exact) mass is 205 g/mol. The van der Waals surface area contributed by atoms with Crippen LogP contribution in [0.4, 0.5) is 0 Å². The Balaban J connectivity index is 1.95. The molecule has 0 saturated carbocycles. The smallest absolute Gasteiger partial charge is 0.0287 e. The minimum Gasteiger partial charge on any atom is -0.290 e. The van der Waals surface area contributed by atoms with E-state index in [1.807, 2.05) is 0 Å². The average Bonchev–Trinajstić information content (AvgIpc) is 2.58. The fraction of sp³-hybridized carbons (Fsp3) is 0.857. The lowest BCUT2D eigenvalue weighted by Crippen LogP contribution is -2.54. The quantitative estimate of drug-likeness (QED) is 0.549. The van der Waals surface area contributed by atoms with Crippen molar-refractivity contribution in [3.63, 3.8) is 0 Å². The Bertz CT molecular complexity index is 294. The van der Waals surface area contributed by atoms with Crippen LogP contribution in [0.25, 0.3) is 0 Å². The maximum atomic E-state index is 2.87. The summed E-state index contributed by atoms with van der Waals surface area (Å²) < 4.78 is 0. The van der Waals surface area contributed by atoms with E-state index in [2.05, 4.69) is 31.7 Å². The summed E-state index contributed by atoms with van der Waals surface area (Å²) in [5.74, 6) is 1.83. The van der Waals surface area contributed by atoms with Gasteiger partial charge in [-0.2, -0.15) is 0 Å². The van der Waals surface area contributed by atoms with Crippen LogP contribution in [0, 0.1) is 11.8 Å². The van der Waals surface area contributed by atoms with Gasteiger partial charge in [0.2, 0.25) is 0 Å². The van der Waals surface area contributed by atoms with Gasteiger partial charge in [0.25, 0.3) is 0 Å². The molecule has 0 unspecified atom stereocenters. The van der Waals surface area contributed by atoms with Crippen molar-refractivity contribution in [3.05, 3.63) is 11.6 Å². The molecule has 0 aromatic carbocycles. The third-order valence-electron chi connectivity index (χ3n) is 4.97. The molecule has 0 N–H and O–H groups in total. The Morgan fingerprint density at radius 1 is 1.13 bits per heavy atom. The molecule has 84 valence electrons. The fourth-order valence-corrected chi connectivity index (χ4v) is 4.35. The van der Waals surface area contributed by atoms with Crippen LogP contribution in [-0.4, -0.2) is 23.0 Å². The molecule has 0 aromatic heterocycles. The van der Waals surface area contributed by atoms with Gasteiger partial charge >= 0.3 is 0 Å². The van der Waals surface area contributed by atoms with Gasteiger partial charge in [-0.3, -0.25) is 4.90 Å². The van der Waals surface area contributed by atoms with Crippen molar-refractivity contribution in [2.45, 2.75) is 64.6 Å². The van der Waals surface area contributed by atoms with Crippen LogP contribution in [-0.2, 0) is 0 Å². The zero-order valence-electron chi connectivity index (χ0n) is 10.2. The molecule has 0 aliphatic carbocycles. The van der Waals surface area contributed by atoms with Gasteiger partial charge in [-0.25, -0.2) is 0 Å². The third-order valence-corrected chi connectivity index (χ3v) is 4.97. The largest absolute Gasteiger partial charge is 0.290 e. The molecule has 3 aliphatic rings. The van der Waals surface area contributed by atoms with Crippen LogP contribution < -0.4 is 0 Å². The van der Waals surface area contributed by atoms with E-state index >= 15 is 0 Å². The van der Waals surface area contributed by atoms with Crippen molar-refractivity contribution in [3.8, 4) is 0 Å².